The lowest BCUT2D eigenvalue weighted by atomic mass is 9.99. The van der Waals surface area contributed by atoms with Crippen LogP contribution in [0.4, 0.5) is 0 Å². The second-order valence-corrected chi connectivity index (χ2v) is 31.0. The zero-order valence-corrected chi connectivity index (χ0v) is 63.8. The third kappa shape index (κ3) is 69.0. The molecule has 0 rings (SSSR count). The van der Waals surface area contributed by atoms with Crippen LogP contribution in [0.3, 0.4) is 0 Å². The molecule has 3 N–H and O–H groups in total. The average Bonchev–Trinajstić information content (AvgIpc) is 1.61. The van der Waals surface area contributed by atoms with E-state index in [9.17, 15) is 43.2 Å². The normalized spacial score (nSPS) is 14.3. The van der Waals surface area contributed by atoms with Crippen LogP contribution in [0.1, 0.15) is 395 Å². The molecule has 0 amide bonds. The molecule has 0 radical (unpaired) electrons. The van der Waals surface area contributed by atoms with Gasteiger partial charge in [-0.15, -0.1) is 0 Å². The Bertz CT molecular complexity index is 1840. The highest BCUT2D eigenvalue weighted by molar-refractivity contribution is 7.47. The topological polar surface area (TPSA) is 237 Å². The summed E-state index contributed by atoms with van der Waals surface area (Å²) in [5.74, 6) is -0.560. The number of carbonyl (C=O) groups is 4. The first-order valence-corrected chi connectivity index (χ1v) is 42.5. The van der Waals surface area contributed by atoms with Crippen molar-refractivity contribution in [3.63, 3.8) is 0 Å². The van der Waals surface area contributed by atoms with Crippen LogP contribution < -0.4 is 0 Å². The smallest absolute Gasteiger partial charge is 0.462 e. The minimum atomic E-state index is -4.96. The van der Waals surface area contributed by atoms with Gasteiger partial charge in [0.1, 0.15) is 19.3 Å². The van der Waals surface area contributed by atoms with Crippen LogP contribution in [0.2, 0.25) is 0 Å². The SMILES string of the molecule is CCCCCCCCCCCCCCCCCCCCCCCC(=O)O[C@H](COC(=O)CCCCCCCCCCCCC(C)CC)COP(=O)(O)OC[C@@H](O)COP(=O)(O)OC[C@@H](COC(=O)CCCCCCCCC)OC(=O)CCCCCCCCCCCCC(C)C. The van der Waals surface area contributed by atoms with Crippen LogP contribution in [-0.2, 0) is 65.4 Å². The lowest BCUT2D eigenvalue weighted by molar-refractivity contribution is -0.161. The Labute approximate surface area is 581 Å². The molecule has 0 spiro atoms. The Hall–Kier alpha value is -1.94. The molecule has 95 heavy (non-hydrogen) atoms. The van der Waals surface area contributed by atoms with E-state index in [2.05, 4.69) is 41.5 Å². The van der Waals surface area contributed by atoms with E-state index in [1.807, 2.05) is 0 Å². The maximum absolute atomic E-state index is 13.1. The fraction of sp³-hybridized carbons (Fsp3) is 0.947. The fourth-order valence-electron chi connectivity index (χ4n) is 11.6. The van der Waals surface area contributed by atoms with Gasteiger partial charge in [-0.3, -0.25) is 37.3 Å². The average molecular weight is 1400 g/mol. The van der Waals surface area contributed by atoms with E-state index >= 15 is 0 Å². The van der Waals surface area contributed by atoms with Crippen molar-refractivity contribution in [2.75, 3.05) is 39.6 Å². The molecule has 0 aliphatic carbocycles. The van der Waals surface area contributed by atoms with Crippen LogP contribution in [0, 0.1) is 11.8 Å². The Morgan fingerprint density at radius 3 is 0.800 bits per heavy atom. The van der Waals surface area contributed by atoms with E-state index in [4.69, 9.17) is 37.0 Å². The number of phosphoric ester groups is 2. The van der Waals surface area contributed by atoms with Crippen molar-refractivity contribution in [1.82, 2.24) is 0 Å². The third-order valence-electron chi connectivity index (χ3n) is 18.1. The first-order chi connectivity index (χ1) is 45.9. The van der Waals surface area contributed by atoms with Gasteiger partial charge in [0.2, 0.25) is 0 Å². The van der Waals surface area contributed by atoms with E-state index in [1.54, 1.807) is 0 Å². The summed E-state index contributed by atoms with van der Waals surface area (Å²) in [5.41, 5.74) is 0. The second-order valence-electron chi connectivity index (χ2n) is 28.1. The second kappa shape index (κ2) is 67.9. The summed E-state index contributed by atoms with van der Waals surface area (Å²) in [4.78, 5) is 72.7. The Morgan fingerprint density at radius 2 is 0.537 bits per heavy atom. The monoisotopic (exact) mass is 1400 g/mol. The quantitative estimate of drug-likeness (QED) is 0.0222. The molecule has 3 unspecified atom stereocenters. The van der Waals surface area contributed by atoms with E-state index in [1.165, 1.54) is 199 Å². The Kier molecular flexibility index (Phi) is 66.5. The predicted molar refractivity (Wildman–Crippen MR) is 386 cm³/mol. The molecule has 0 aliphatic heterocycles. The lowest BCUT2D eigenvalue weighted by Gasteiger charge is -2.21. The summed E-state index contributed by atoms with van der Waals surface area (Å²) in [6, 6.07) is 0. The number of ether oxygens (including phenoxy) is 4. The number of unbranched alkanes of at least 4 members (excludes halogenated alkanes) is 44. The molecular formula is C76H148O17P2. The molecular weight excluding hydrogens is 1250 g/mol. The van der Waals surface area contributed by atoms with Gasteiger partial charge in [-0.2, -0.15) is 0 Å². The van der Waals surface area contributed by atoms with Gasteiger partial charge in [-0.25, -0.2) is 9.13 Å². The minimum absolute atomic E-state index is 0.106. The molecule has 0 heterocycles. The van der Waals surface area contributed by atoms with Gasteiger partial charge < -0.3 is 33.8 Å². The minimum Gasteiger partial charge on any atom is -0.462 e. The predicted octanol–water partition coefficient (Wildman–Crippen LogP) is 22.3. The summed E-state index contributed by atoms with van der Waals surface area (Å²) in [6.07, 6.45) is 55.7. The molecule has 17 nitrogen and oxygen atoms in total. The summed E-state index contributed by atoms with van der Waals surface area (Å²) in [5, 5.41) is 10.6. The van der Waals surface area contributed by atoms with Crippen molar-refractivity contribution in [3.05, 3.63) is 0 Å². The summed E-state index contributed by atoms with van der Waals surface area (Å²) in [7, 11) is -9.91. The molecule has 19 heteroatoms. The number of esters is 4. The molecule has 0 aromatic heterocycles. The highest BCUT2D eigenvalue weighted by atomic mass is 31.2. The van der Waals surface area contributed by atoms with Gasteiger partial charge in [-0.05, 0) is 37.5 Å². The number of rotatable bonds is 75. The highest BCUT2D eigenvalue weighted by Gasteiger charge is 2.30. The van der Waals surface area contributed by atoms with Crippen molar-refractivity contribution in [2.45, 2.75) is 413 Å². The highest BCUT2D eigenvalue weighted by Crippen LogP contribution is 2.45. The molecule has 0 bridgehead atoms. The standard InChI is InChI=1S/C76H148O17P2/c1-7-10-12-14-16-17-18-19-20-21-22-23-24-25-26-27-28-36-42-48-54-60-75(80)93-72(65-87-74(79)59-53-47-41-35-32-30-34-40-45-51-57-69(6)9-3)67-91-95(84,85)89-63-70(77)62-88-94(82,83)90-66-71(64-86-73(78)58-52-46-38-15-13-11-8-2)92-76(81)61-55-49-43-37-31-29-33-39-44-50-56-68(4)5/h68-72,77H,7-67H2,1-6H3,(H,82,83)(H,84,85)/t69?,70-,71+,72+/m0/s1. The summed E-state index contributed by atoms with van der Waals surface area (Å²) in [6.45, 7) is 9.57. The van der Waals surface area contributed by atoms with Crippen molar-refractivity contribution in [3.8, 4) is 0 Å². The van der Waals surface area contributed by atoms with Gasteiger partial charge in [-0.1, -0.05) is 343 Å². The van der Waals surface area contributed by atoms with Gasteiger partial charge in [0.15, 0.2) is 12.2 Å². The van der Waals surface area contributed by atoms with Crippen LogP contribution in [0.25, 0.3) is 0 Å². The first kappa shape index (κ1) is 93.1. The number of aliphatic hydroxyl groups is 1. The summed E-state index contributed by atoms with van der Waals surface area (Å²) >= 11 is 0. The van der Waals surface area contributed by atoms with Gasteiger partial charge in [0.05, 0.1) is 26.4 Å². The van der Waals surface area contributed by atoms with Crippen molar-refractivity contribution in [1.29, 1.82) is 0 Å². The number of aliphatic hydroxyl groups excluding tert-OH is 1. The third-order valence-corrected chi connectivity index (χ3v) is 20.0. The van der Waals surface area contributed by atoms with E-state index in [-0.39, 0.29) is 25.7 Å². The van der Waals surface area contributed by atoms with Crippen molar-refractivity contribution >= 4 is 39.5 Å². The van der Waals surface area contributed by atoms with Crippen molar-refractivity contribution in [2.24, 2.45) is 11.8 Å². The molecule has 0 fully saturated rings. The number of hydrogen-bond acceptors (Lipinski definition) is 15. The maximum Gasteiger partial charge on any atom is 0.472 e. The number of hydrogen-bond donors (Lipinski definition) is 3. The number of carbonyl (C=O) groups excluding carboxylic acids is 4. The van der Waals surface area contributed by atoms with E-state index < -0.39 is 97.5 Å². The van der Waals surface area contributed by atoms with Crippen LogP contribution in [-0.4, -0.2) is 96.7 Å². The lowest BCUT2D eigenvalue weighted by Crippen LogP contribution is -2.30. The zero-order valence-electron chi connectivity index (χ0n) is 62.0. The fourth-order valence-corrected chi connectivity index (χ4v) is 13.2. The summed E-state index contributed by atoms with van der Waals surface area (Å²) < 4.78 is 68.4. The van der Waals surface area contributed by atoms with Gasteiger partial charge in [0, 0.05) is 25.7 Å². The Balaban J connectivity index is 5.17. The van der Waals surface area contributed by atoms with Crippen LogP contribution in [0.15, 0.2) is 0 Å². The molecule has 6 atom stereocenters. The largest absolute Gasteiger partial charge is 0.472 e. The maximum atomic E-state index is 13.1. The van der Waals surface area contributed by atoms with E-state index in [0.717, 1.165) is 115 Å². The van der Waals surface area contributed by atoms with E-state index in [0.29, 0.717) is 25.7 Å². The molecule has 0 saturated heterocycles. The number of phosphoric acid groups is 2. The molecule has 564 valence electrons. The van der Waals surface area contributed by atoms with Gasteiger partial charge in [0.25, 0.3) is 0 Å². The zero-order chi connectivity index (χ0) is 70.0. The molecule has 0 aliphatic rings. The molecule has 0 aromatic rings. The van der Waals surface area contributed by atoms with Crippen LogP contribution >= 0.6 is 15.6 Å². The van der Waals surface area contributed by atoms with Gasteiger partial charge >= 0.3 is 39.5 Å². The molecule has 0 saturated carbocycles. The molecule has 0 aromatic carbocycles. The van der Waals surface area contributed by atoms with Crippen LogP contribution in [0.5, 0.6) is 0 Å². The first-order valence-electron chi connectivity index (χ1n) is 39.5. The van der Waals surface area contributed by atoms with Crippen molar-refractivity contribution < 1.29 is 80.2 Å². The Morgan fingerprint density at radius 1 is 0.305 bits per heavy atom.